The first-order chi connectivity index (χ1) is 15.0. The lowest BCUT2D eigenvalue weighted by atomic mass is 9.75. The summed E-state index contributed by atoms with van der Waals surface area (Å²) in [6.45, 7) is 0.766. The maximum absolute atomic E-state index is 13.6. The van der Waals surface area contributed by atoms with Crippen LogP contribution in [0.4, 0.5) is 8.78 Å². The van der Waals surface area contributed by atoms with E-state index in [1.54, 1.807) is 35.5 Å². The van der Waals surface area contributed by atoms with Crippen molar-refractivity contribution in [2.75, 3.05) is 13.1 Å². The average Bonchev–Trinajstić information content (AvgIpc) is 2.82. The third-order valence-electron chi connectivity index (χ3n) is 5.63. The molecule has 0 N–H and O–H groups in total. The number of halogens is 2. The lowest BCUT2D eigenvalue weighted by Crippen LogP contribution is -2.43. The topological polar surface area (TPSA) is 82.8 Å². The predicted molar refractivity (Wildman–Crippen MR) is 109 cm³/mol. The maximum Gasteiger partial charge on any atom is 0.256 e. The van der Waals surface area contributed by atoms with Gasteiger partial charge in [0.2, 0.25) is 0 Å². The van der Waals surface area contributed by atoms with E-state index in [4.69, 9.17) is 0 Å². The van der Waals surface area contributed by atoms with Crippen molar-refractivity contribution in [3.05, 3.63) is 77.9 Å². The molecule has 1 fully saturated rings. The van der Waals surface area contributed by atoms with Crippen LogP contribution >= 0.6 is 0 Å². The molecular formula is C23H19F2N5O. The molecule has 3 heterocycles. The lowest BCUT2D eigenvalue weighted by Gasteiger charge is -2.37. The highest BCUT2D eigenvalue weighted by atomic mass is 19.2. The van der Waals surface area contributed by atoms with Crippen LogP contribution in [0, 0.1) is 28.4 Å². The Balaban J connectivity index is 1.50. The van der Waals surface area contributed by atoms with Gasteiger partial charge < -0.3 is 4.90 Å². The van der Waals surface area contributed by atoms with Crippen molar-refractivity contribution in [1.29, 1.82) is 5.26 Å². The molecule has 0 unspecified atom stereocenters. The molecule has 1 amide bonds. The summed E-state index contributed by atoms with van der Waals surface area (Å²) in [6.07, 6.45) is 5.79. The Morgan fingerprint density at radius 3 is 2.58 bits per heavy atom. The second-order valence-corrected chi connectivity index (χ2v) is 7.60. The van der Waals surface area contributed by atoms with Gasteiger partial charge in [0.15, 0.2) is 11.6 Å². The maximum atomic E-state index is 13.6. The summed E-state index contributed by atoms with van der Waals surface area (Å²) >= 11 is 0. The zero-order valence-electron chi connectivity index (χ0n) is 16.6. The minimum absolute atomic E-state index is 0.180. The van der Waals surface area contributed by atoms with Crippen LogP contribution in [-0.4, -0.2) is 38.8 Å². The van der Waals surface area contributed by atoms with Crippen LogP contribution in [0.3, 0.4) is 0 Å². The first kappa shape index (κ1) is 20.5. The van der Waals surface area contributed by atoms with Gasteiger partial charge in [0.05, 0.1) is 22.7 Å². The number of benzene rings is 1. The summed E-state index contributed by atoms with van der Waals surface area (Å²) in [7, 11) is 0. The van der Waals surface area contributed by atoms with Crippen molar-refractivity contribution >= 4 is 5.91 Å². The van der Waals surface area contributed by atoms with Crippen LogP contribution < -0.4 is 0 Å². The summed E-state index contributed by atoms with van der Waals surface area (Å²) in [5.74, 6) is -2.01. The number of carbonyl (C=O) groups excluding carboxylic acids is 1. The van der Waals surface area contributed by atoms with Gasteiger partial charge in [0, 0.05) is 25.5 Å². The van der Waals surface area contributed by atoms with Gasteiger partial charge in [-0.1, -0.05) is 6.07 Å². The van der Waals surface area contributed by atoms with E-state index in [9.17, 15) is 18.8 Å². The van der Waals surface area contributed by atoms with Crippen molar-refractivity contribution in [3.63, 3.8) is 0 Å². The minimum atomic E-state index is -0.924. The molecule has 8 heteroatoms. The number of pyridine rings is 1. The highest BCUT2D eigenvalue weighted by Crippen LogP contribution is 2.35. The van der Waals surface area contributed by atoms with Gasteiger partial charge in [-0.05, 0) is 55.2 Å². The van der Waals surface area contributed by atoms with Crippen LogP contribution in [0.2, 0.25) is 0 Å². The highest BCUT2D eigenvalue weighted by molar-refractivity contribution is 5.99. The molecule has 0 radical (unpaired) electrons. The zero-order chi connectivity index (χ0) is 21.8. The second-order valence-electron chi connectivity index (χ2n) is 7.60. The third-order valence-corrected chi connectivity index (χ3v) is 5.63. The van der Waals surface area contributed by atoms with E-state index < -0.39 is 17.0 Å². The van der Waals surface area contributed by atoms with Crippen LogP contribution in [0.1, 0.15) is 28.8 Å². The molecule has 0 atom stereocenters. The number of rotatable bonds is 4. The van der Waals surface area contributed by atoms with Gasteiger partial charge in [-0.25, -0.2) is 18.7 Å². The number of aromatic nitrogens is 3. The van der Waals surface area contributed by atoms with Crippen molar-refractivity contribution < 1.29 is 13.6 Å². The van der Waals surface area contributed by atoms with Gasteiger partial charge in [-0.2, -0.15) is 5.26 Å². The average molecular weight is 419 g/mol. The Bertz CT molecular complexity index is 1140. The van der Waals surface area contributed by atoms with E-state index in [0.717, 1.165) is 12.1 Å². The van der Waals surface area contributed by atoms with E-state index in [0.29, 0.717) is 54.9 Å². The third kappa shape index (κ3) is 4.26. The molecule has 1 aliphatic rings. The van der Waals surface area contributed by atoms with E-state index >= 15 is 0 Å². The van der Waals surface area contributed by atoms with Crippen molar-refractivity contribution in [3.8, 4) is 17.5 Å². The lowest BCUT2D eigenvalue weighted by molar-refractivity contribution is 0.0647. The van der Waals surface area contributed by atoms with Crippen molar-refractivity contribution in [2.45, 2.75) is 19.3 Å². The molecule has 0 spiro atoms. The Morgan fingerprint density at radius 1 is 1.10 bits per heavy atom. The Labute approximate surface area is 178 Å². The Kier molecular flexibility index (Phi) is 5.67. The smallest absolute Gasteiger partial charge is 0.256 e. The summed E-state index contributed by atoms with van der Waals surface area (Å²) in [4.78, 5) is 27.3. The fourth-order valence-electron chi connectivity index (χ4n) is 3.89. The number of carbonyl (C=O) groups is 1. The molecular weight excluding hydrogens is 400 g/mol. The van der Waals surface area contributed by atoms with Gasteiger partial charge in [-0.15, -0.1) is 0 Å². The fraction of sp³-hybridized carbons (Fsp3) is 0.261. The standard InChI is InChI=1S/C23H19F2N5O/c24-18-4-3-16(12-19(18)25)13-23(14-26)6-10-30(11-7-23)22(31)17-2-1-8-28-21(17)20-5-9-27-15-29-20/h1-5,8-9,12,15H,6-7,10-11,13H2. The van der Waals surface area contributed by atoms with Crippen molar-refractivity contribution in [2.24, 2.45) is 5.41 Å². The number of hydrogen-bond acceptors (Lipinski definition) is 5. The number of nitrogens with zero attached hydrogens (tertiary/aromatic N) is 5. The number of hydrogen-bond donors (Lipinski definition) is 0. The monoisotopic (exact) mass is 419 g/mol. The number of piperidine rings is 1. The van der Waals surface area contributed by atoms with Gasteiger partial charge in [0.1, 0.15) is 12.0 Å². The van der Waals surface area contributed by atoms with E-state index in [1.807, 2.05) is 0 Å². The second kappa shape index (κ2) is 8.56. The largest absolute Gasteiger partial charge is 0.338 e. The minimum Gasteiger partial charge on any atom is -0.338 e. The van der Waals surface area contributed by atoms with E-state index in [1.165, 1.54) is 12.4 Å². The molecule has 2 aromatic heterocycles. The molecule has 156 valence electrons. The summed E-state index contributed by atoms with van der Waals surface area (Å²) in [5, 5.41) is 9.82. The number of nitriles is 1. The molecule has 1 aliphatic heterocycles. The van der Waals surface area contributed by atoms with Crippen LogP contribution in [-0.2, 0) is 6.42 Å². The SMILES string of the molecule is N#CC1(Cc2ccc(F)c(F)c2)CCN(C(=O)c2cccnc2-c2ccncn2)CC1. The molecule has 0 bridgehead atoms. The molecule has 0 aliphatic carbocycles. The Hall–Kier alpha value is -3.73. The molecule has 3 aromatic rings. The van der Waals surface area contributed by atoms with E-state index in [2.05, 4.69) is 21.0 Å². The highest BCUT2D eigenvalue weighted by Gasteiger charge is 2.37. The van der Waals surface area contributed by atoms with Crippen LogP contribution in [0.15, 0.2) is 55.1 Å². The summed E-state index contributed by atoms with van der Waals surface area (Å²) < 4.78 is 26.8. The van der Waals surface area contributed by atoms with Gasteiger partial charge in [-0.3, -0.25) is 9.78 Å². The molecule has 31 heavy (non-hydrogen) atoms. The van der Waals surface area contributed by atoms with Gasteiger partial charge in [0.25, 0.3) is 5.91 Å². The number of amides is 1. The normalized spacial score (nSPS) is 15.3. The van der Waals surface area contributed by atoms with Crippen LogP contribution in [0.25, 0.3) is 11.4 Å². The fourth-order valence-corrected chi connectivity index (χ4v) is 3.89. The molecule has 1 aromatic carbocycles. The Morgan fingerprint density at radius 2 is 1.90 bits per heavy atom. The number of likely N-dealkylation sites (tertiary alicyclic amines) is 1. The molecule has 1 saturated heterocycles. The zero-order valence-corrected chi connectivity index (χ0v) is 16.6. The molecule has 0 saturated carbocycles. The van der Waals surface area contributed by atoms with Crippen LogP contribution in [0.5, 0.6) is 0 Å². The summed E-state index contributed by atoms with van der Waals surface area (Å²) in [6, 6.07) is 11.2. The molecule has 6 nitrogen and oxygen atoms in total. The molecule has 4 rings (SSSR count). The first-order valence-electron chi connectivity index (χ1n) is 9.87. The first-order valence-corrected chi connectivity index (χ1v) is 9.87. The van der Waals surface area contributed by atoms with Gasteiger partial charge >= 0.3 is 0 Å². The predicted octanol–water partition coefficient (Wildman–Crippen LogP) is 3.81. The quantitative estimate of drug-likeness (QED) is 0.642. The van der Waals surface area contributed by atoms with E-state index in [-0.39, 0.29) is 5.91 Å². The van der Waals surface area contributed by atoms with Crippen molar-refractivity contribution in [1.82, 2.24) is 19.9 Å². The summed E-state index contributed by atoms with van der Waals surface area (Å²) in [5.41, 5.74) is 1.31.